The lowest BCUT2D eigenvalue weighted by Crippen LogP contribution is -2.61. The second-order valence-electron chi connectivity index (χ2n) is 29.4. The van der Waals surface area contributed by atoms with E-state index in [0.717, 1.165) is 34.9 Å². The number of nitrogens with one attached hydrogen (secondary N) is 10. The van der Waals surface area contributed by atoms with Crippen LogP contribution in [0.1, 0.15) is 119 Å². The number of fused-ring (bicyclic) bond motifs is 3. The largest absolute Gasteiger partial charge is 0.460 e. The number of anilines is 1. The number of carbonyl (C=O) groups excluding carboxylic acids is 14. The number of nitro benzene ring substituents is 1. The van der Waals surface area contributed by atoms with Gasteiger partial charge in [-0.15, -0.1) is 0 Å². The van der Waals surface area contributed by atoms with Gasteiger partial charge in [0.1, 0.15) is 73.3 Å². The monoisotopic (exact) mass is 1610 g/mol. The minimum absolute atomic E-state index is 0.00808. The van der Waals surface area contributed by atoms with Crippen LogP contribution < -0.4 is 63.8 Å². The van der Waals surface area contributed by atoms with E-state index in [9.17, 15) is 77.2 Å². The summed E-state index contributed by atoms with van der Waals surface area (Å²) in [5.74, 6) is -11.7. The van der Waals surface area contributed by atoms with Gasteiger partial charge in [0.15, 0.2) is 0 Å². The molecule has 0 radical (unpaired) electrons. The maximum atomic E-state index is 14.5. The molecule has 0 spiro atoms. The van der Waals surface area contributed by atoms with Crippen molar-refractivity contribution in [3.63, 3.8) is 0 Å². The number of alkyl carbamates (subject to hydrolysis) is 2. The van der Waals surface area contributed by atoms with E-state index < -0.39 is 181 Å². The van der Waals surface area contributed by atoms with Crippen LogP contribution in [0.5, 0.6) is 0 Å². The first-order valence-electron chi connectivity index (χ1n) is 37.3. The summed E-state index contributed by atoms with van der Waals surface area (Å²) in [6, 6.07) is 26.4. The summed E-state index contributed by atoms with van der Waals surface area (Å²) in [7, 11) is 0. The fourth-order valence-corrected chi connectivity index (χ4v) is 11.4. The second-order valence-corrected chi connectivity index (χ2v) is 29.4. The number of rotatable bonds is 40. The van der Waals surface area contributed by atoms with E-state index in [0.29, 0.717) is 23.5 Å². The maximum Gasteiger partial charge on any atom is 0.410 e. The van der Waals surface area contributed by atoms with Crippen LogP contribution in [-0.2, 0) is 83.0 Å². The third-order valence-electron chi connectivity index (χ3n) is 17.1. The van der Waals surface area contributed by atoms with Crippen molar-refractivity contribution in [2.24, 2.45) is 21.9 Å². The summed E-state index contributed by atoms with van der Waals surface area (Å²) in [6.07, 6.45) is -5.81. The molecule has 5 aromatic rings. The predicted octanol–water partition coefficient (Wildman–Crippen LogP) is 4.91. The quantitative estimate of drug-likeness (QED) is 0.00815. The second kappa shape index (κ2) is 43.8. The van der Waals surface area contributed by atoms with Crippen LogP contribution in [0.15, 0.2) is 138 Å². The Balaban J connectivity index is 1.15. The summed E-state index contributed by atoms with van der Waals surface area (Å²) in [4.78, 5) is 203. The maximum absolute atomic E-state index is 14.5. The van der Waals surface area contributed by atoms with Crippen LogP contribution in [-0.4, -0.2) is 206 Å². The van der Waals surface area contributed by atoms with Crippen molar-refractivity contribution >= 4 is 106 Å². The Morgan fingerprint density at radius 1 is 0.543 bits per heavy atom. The molecular weight excluding hydrogens is 1510 g/mol. The lowest BCUT2D eigenvalue weighted by Gasteiger charge is -2.28. The molecule has 0 saturated carbocycles. The molecule has 12 N–H and O–H groups in total. The topological polar surface area (TPSA) is 506 Å². The van der Waals surface area contributed by atoms with Crippen molar-refractivity contribution in [2.45, 2.75) is 162 Å². The van der Waals surface area contributed by atoms with Crippen LogP contribution in [0.4, 0.5) is 37.1 Å². The lowest BCUT2D eigenvalue weighted by molar-refractivity contribution is -0.384. The molecule has 1 aliphatic rings. The van der Waals surface area contributed by atoms with Crippen molar-refractivity contribution in [1.29, 1.82) is 0 Å². The smallest absolute Gasteiger partial charge is 0.410 e. The highest BCUT2D eigenvalue weighted by molar-refractivity contribution is 5.97. The summed E-state index contributed by atoms with van der Waals surface area (Å²) in [5, 5.41) is 43.3. The normalized spacial score (nSPS) is 13.4. The molecule has 12 amide bonds. The predicted molar refractivity (Wildman–Crippen MR) is 421 cm³/mol. The summed E-state index contributed by atoms with van der Waals surface area (Å²) in [5.41, 5.74) is 8.73. The number of benzene rings is 5. The van der Waals surface area contributed by atoms with Gasteiger partial charge in [-0.1, -0.05) is 92.7 Å². The number of amides is 12. The highest BCUT2D eigenvalue weighted by atomic mass is 16.6. The molecule has 0 aliphatic heterocycles. The van der Waals surface area contributed by atoms with Crippen molar-refractivity contribution in [3.8, 4) is 11.1 Å². The van der Waals surface area contributed by atoms with Gasteiger partial charge < -0.3 is 87.5 Å². The molecule has 0 fully saturated rings. The first-order chi connectivity index (χ1) is 54.8. The van der Waals surface area contributed by atoms with Gasteiger partial charge in [-0.2, -0.15) is 10.2 Å². The van der Waals surface area contributed by atoms with Gasteiger partial charge in [0.2, 0.25) is 53.2 Å². The van der Waals surface area contributed by atoms with Crippen LogP contribution in [0.3, 0.4) is 0 Å². The standard InChI is InChI=1S/C79H102N16O21/c1-13-93(53-31-27-51(28-32-53)91-92-52-29-33-54(34-30-52)95(110)111)35-36-94(77(109)113-45-59-57-25-19-17-23-55(57)56-24-18-20-26-58(56)59)43-66(99)82-42-65(98)85-48(5)70(102)87-61(74(106)115-78(7,8)9)38-67(100)114-49(6)68(90-75(107)112-44-50-21-15-14-16-22-50)73(105)83-39-62(72(104)86-47(4)69(101)84-41-64(97)81-40-63(80)96)88-71(103)60(37-46(2)3)89-76(108)116-79(10,11)12/h14-34,46-49,59-62,68H,13,35-45H2,1-12H3,(H2,80,96)(H,81,97)(H,82,99)(H,83,105)(H,84,101)(H,85,98)(H,86,104)(H,87,102)(H,88,103)(H,89,108)(H,90,107)/t47-,48-,49+,60-,61-,62+,68-/m0/s1. The highest BCUT2D eigenvalue weighted by Crippen LogP contribution is 2.44. The Kier molecular flexibility index (Phi) is 34.6. The molecule has 37 heteroatoms. The molecule has 0 bridgehead atoms. The minimum atomic E-state index is -1.94. The molecular formula is C79H102N16O21. The number of esters is 2. The molecule has 6 rings (SSSR count). The fourth-order valence-electron chi connectivity index (χ4n) is 11.4. The van der Waals surface area contributed by atoms with Crippen LogP contribution in [0, 0.1) is 16.0 Å². The number of nitrogens with zero attached hydrogens (tertiary/aromatic N) is 5. The lowest BCUT2D eigenvalue weighted by atomic mass is 9.98. The van der Waals surface area contributed by atoms with Crippen LogP contribution in [0.25, 0.3) is 11.1 Å². The molecule has 0 aromatic heterocycles. The number of carbonyl (C=O) groups is 14. The summed E-state index contributed by atoms with van der Waals surface area (Å²) in [6.45, 7) is 15.0. The van der Waals surface area contributed by atoms with Crippen molar-refractivity contribution in [3.05, 3.63) is 154 Å². The van der Waals surface area contributed by atoms with E-state index in [1.165, 1.54) is 63.8 Å². The Bertz CT molecular complexity index is 4300. The van der Waals surface area contributed by atoms with Gasteiger partial charge in [0.05, 0.1) is 42.4 Å². The zero-order valence-electron chi connectivity index (χ0n) is 66.7. The van der Waals surface area contributed by atoms with Crippen LogP contribution in [0.2, 0.25) is 0 Å². The van der Waals surface area contributed by atoms with E-state index in [-0.39, 0.29) is 50.2 Å². The third kappa shape index (κ3) is 30.8. The Labute approximate surface area is 670 Å². The van der Waals surface area contributed by atoms with Gasteiger partial charge in [-0.05, 0) is 146 Å². The number of nitrogens with two attached hydrogens (primary N) is 1. The molecule has 0 saturated heterocycles. The zero-order valence-corrected chi connectivity index (χ0v) is 66.7. The SMILES string of the molecule is CCN(CCN(CC(=O)NCC(=O)N[C@@H](C)C(=O)N[C@@H](CC(=O)O[C@H](C)[C@H](NC(=O)OCc1ccccc1)C(=O)NC[C@@H](NC(=O)[C@H](CC(C)C)NC(=O)OC(C)(C)C)C(=O)N[C@@H](C)C(=O)NCC(=O)NCC(N)=O)C(=O)OC(C)(C)C)C(=O)OCC1c2ccccc2-c2ccccc21)c1ccc(N=Nc2ccc([N+](=O)[O-])cc2)cc1. The van der Waals surface area contributed by atoms with Crippen molar-refractivity contribution in [1.82, 2.24) is 58.1 Å². The number of likely N-dealkylation sites (N-methyl/N-ethyl adjacent to an activating group) is 1. The highest BCUT2D eigenvalue weighted by Gasteiger charge is 2.38. The number of ether oxygens (including phenoxy) is 5. The number of non-ortho nitro benzene ring substituents is 1. The van der Waals surface area contributed by atoms with Gasteiger partial charge in [0, 0.05) is 49.9 Å². The minimum Gasteiger partial charge on any atom is -0.460 e. The molecule has 7 atom stereocenters. The number of hydrogen-bond donors (Lipinski definition) is 11. The summed E-state index contributed by atoms with van der Waals surface area (Å²) >= 11 is 0. The summed E-state index contributed by atoms with van der Waals surface area (Å²) < 4.78 is 28.0. The molecule has 116 heavy (non-hydrogen) atoms. The third-order valence-corrected chi connectivity index (χ3v) is 17.1. The average Bonchev–Trinajstić information content (AvgIpc) is 1.61. The van der Waals surface area contributed by atoms with Crippen LogP contribution >= 0.6 is 0 Å². The zero-order chi connectivity index (χ0) is 85.6. The van der Waals surface area contributed by atoms with Gasteiger partial charge in [-0.25, -0.2) is 19.2 Å². The van der Waals surface area contributed by atoms with E-state index in [1.54, 1.807) is 89.2 Å². The molecule has 0 heterocycles. The molecule has 624 valence electrons. The number of azo groups is 1. The Hall–Kier alpha value is -13.1. The van der Waals surface area contributed by atoms with Crippen molar-refractivity contribution in [2.75, 3.05) is 63.9 Å². The van der Waals surface area contributed by atoms with E-state index in [4.69, 9.17) is 29.4 Å². The number of nitro groups is 1. The molecule has 1 aliphatic carbocycles. The first kappa shape index (κ1) is 91.8. The van der Waals surface area contributed by atoms with E-state index in [2.05, 4.69) is 63.4 Å². The van der Waals surface area contributed by atoms with Gasteiger partial charge in [-0.3, -0.25) is 63.0 Å². The molecule has 5 aromatic carbocycles. The Morgan fingerprint density at radius 3 is 1.67 bits per heavy atom. The fraction of sp³-hybridized carbons (Fsp3) is 0.443. The Morgan fingerprint density at radius 2 is 1.09 bits per heavy atom. The number of hydrogen-bond acceptors (Lipinski definition) is 24. The first-order valence-corrected chi connectivity index (χ1v) is 37.3. The molecule has 37 nitrogen and oxygen atoms in total. The van der Waals surface area contributed by atoms with Gasteiger partial charge in [0.25, 0.3) is 5.69 Å². The van der Waals surface area contributed by atoms with Crippen molar-refractivity contribution < 1.29 is 95.7 Å². The van der Waals surface area contributed by atoms with E-state index in [1.807, 2.05) is 60.4 Å². The average molecular weight is 1610 g/mol. The molecule has 0 unspecified atom stereocenters. The van der Waals surface area contributed by atoms with E-state index >= 15 is 0 Å². The van der Waals surface area contributed by atoms with Gasteiger partial charge >= 0.3 is 30.2 Å². The number of primary amides is 1.